The lowest BCUT2D eigenvalue weighted by Crippen LogP contribution is -2.08. The van der Waals surface area contributed by atoms with Gasteiger partial charge in [0.2, 0.25) is 0 Å². The maximum atomic E-state index is 5.40. The van der Waals surface area contributed by atoms with Crippen molar-refractivity contribution in [2.75, 3.05) is 14.2 Å². The van der Waals surface area contributed by atoms with Crippen molar-refractivity contribution < 1.29 is 13.9 Å². The summed E-state index contributed by atoms with van der Waals surface area (Å²) in [7, 11) is 3.25. The van der Waals surface area contributed by atoms with Crippen molar-refractivity contribution in [1.82, 2.24) is 5.43 Å². The van der Waals surface area contributed by atoms with E-state index in [2.05, 4.69) is 10.5 Å². The number of nitrogens with zero attached hydrogens (tertiary/aromatic N) is 1. The molecule has 0 amide bonds. The molecule has 5 nitrogen and oxygen atoms in total. The molecule has 2 heterocycles. The van der Waals surface area contributed by atoms with E-state index in [1.807, 2.05) is 30.3 Å². The number of benzene rings is 1. The summed E-state index contributed by atoms with van der Waals surface area (Å²) < 4.78 is 16.0. The molecule has 0 bridgehead atoms. The molecule has 104 valence electrons. The fraction of sp³-hybridized carbons (Fsp3) is 0.267. The Labute approximate surface area is 117 Å². The van der Waals surface area contributed by atoms with E-state index in [-0.39, 0.29) is 6.04 Å². The van der Waals surface area contributed by atoms with Crippen molar-refractivity contribution in [3.05, 3.63) is 47.9 Å². The second-order valence-electron chi connectivity index (χ2n) is 4.53. The average molecular weight is 272 g/mol. The quantitative estimate of drug-likeness (QED) is 0.929. The summed E-state index contributed by atoms with van der Waals surface area (Å²) >= 11 is 0. The van der Waals surface area contributed by atoms with E-state index in [0.717, 1.165) is 23.5 Å². The normalized spacial score (nSPS) is 17.5. The Hall–Kier alpha value is -2.43. The van der Waals surface area contributed by atoms with Gasteiger partial charge >= 0.3 is 0 Å². The predicted octanol–water partition coefficient (Wildman–Crippen LogP) is 2.74. The number of furan rings is 1. The van der Waals surface area contributed by atoms with E-state index in [0.29, 0.717) is 11.5 Å². The summed E-state index contributed by atoms with van der Waals surface area (Å²) in [5, 5.41) is 4.38. The lowest BCUT2D eigenvalue weighted by Gasteiger charge is -2.09. The number of rotatable bonds is 4. The summed E-state index contributed by atoms with van der Waals surface area (Å²) in [5.74, 6) is 2.31. The number of nitrogens with one attached hydrogen (secondary N) is 1. The zero-order chi connectivity index (χ0) is 13.9. The highest BCUT2D eigenvalue weighted by atomic mass is 16.5. The van der Waals surface area contributed by atoms with Crippen LogP contribution in [0.25, 0.3) is 0 Å². The molecule has 0 fully saturated rings. The smallest absolute Gasteiger partial charge is 0.161 e. The van der Waals surface area contributed by atoms with Gasteiger partial charge in [0.05, 0.1) is 26.2 Å². The Bertz CT molecular complexity index is 620. The van der Waals surface area contributed by atoms with Crippen LogP contribution in [0.1, 0.15) is 23.8 Å². The van der Waals surface area contributed by atoms with Gasteiger partial charge in [0, 0.05) is 12.0 Å². The van der Waals surface area contributed by atoms with Crippen LogP contribution in [0.4, 0.5) is 0 Å². The lowest BCUT2D eigenvalue weighted by molar-refractivity contribution is 0.355. The second-order valence-corrected chi connectivity index (χ2v) is 4.53. The third-order valence-electron chi connectivity index (χ3n) is 3.36. The van der Waals surface area contributed by atoms with E-state index in [9.17, 15) is 0 Å². The molecule has 5 heteroatoms. The Morgan fingerprint density at radius 1 is 1.20 bits per heavy atom. The monoisotopic (exact) mass is 272 g/mol. The van der Waals surface area contributed by atoms with Crippen molar-refractivity contribution in [1.29, 1.82) is 0 Å². The molecule has 1 unspecified atom stereocenters. The fourth-order valence-electron chi connectivity index (χ4n) is 2.29. The van der Waals surface area contributed by atoms with E-state index in [1.165, 1.54) is 0 Å². The first-order valence-electron chi connectivity index (χ1n) is 6.39. The molecule has 1 aromatic carbocycles. The molecule has 2 aromatic rings. The number of methoxy groups -OCH3 is 2. The van der Waals surface area contributed by atoms with Crippen LogP contribution in [0.15, 0.2) is 46.1 Å². The van der Waals surface area contributed by atoms with E-state index in [1.54, 1.807) is 20.5 Å². The first-order valence-corrected chi connectivity index (χ1v) is 6.39. The Morgan fingerprint density at radius 2 is 2.05 bits per heavy atom. The minimum Gasteiger partial charge on any atom is -0.493 e. The molecule has 0 saturated heterocycles. The SMILES string of the molecule is COc1ccc(C2=NNC(c3ccco3)C2)cc1OC. The van der Waals surface area contributed by atoms with Gasteiger partial charge in [-0.15, -0.1) is 0 Å². The zero-order valence-electron chi connectivity index (χ0n) is 11.4. The number of hydrazone groups is 1. The Balaban J connectivity index is 1.81. The highest BCUT2D eigenvalue weighted by Crippen LogP contribution is 2.30. The standard InChI is InChI=1S/C15H16N2O3/c1-18-14-6-5-10(8-15(14)19-2)11-9-12(17-16-11)13-4-3-7-20-13/h3-8,12,17H,9H2,1-2H3. The summed E-state index contributed by atoms with van der Waals surface area (Å²) in [6.45, 7) is 0. The van der Waals surface area contributed by atoms with Crippen molar-refractivity contribution in [2.45, 2.75) is 12.5 Å². The van der Waals surface area contributed by atoms with Gasteiger partial charge in [0.25, 0.3) is 0 Å². The highest BCUT2D eigenvalue weighted by Gasteiger charge is 2.23. The van der Waals surface area contributed by atoms with Gasteiger partial charge < -0.3 is 13.9 Å². The molecule has 0 spiro atoms. The molecule has 1 aliphatic heterocycles. The predicted molar refractivity (Wildman–Crippen MR) is 75.3 cm³/mol. The van der Waals surface area contributed by atoms with Gasteiger partial charge in [-0.25, -0.2) is 0 Å². The average Bonchev–Trinajstić information content (AvgIpc) is 3.16. The number of ether oxygens (including phenoxy) is 2. The van der Waals surface area contributed by atoms with Gasteiger partial charge in [-0.2, -0.15) is 5.10 Å². The van der Waals surface area contributed by atoms with Gasteiger partial charge in [-0.1, -0.05) is 0 Å². The number of hydrogen-bond donors (Lipinski definition) is 1. The first kappa shape index (κ1) is 12.6. The van der Waals surface area contributed by atoms with Crippen LogP contribution < -0.4 is 14.9 Å². The van der Waals surface area contributed by atoms with Crippen LogP contribution in [0.5, 0.6) is 11.5 Å². The summed E-state index contributed by atoms with van der Waals surface area (Å²) in [5.41, 5.74) is 5.09. The van der Waals surface area contributed by atoms with Crippen LogP contribution in [-0.4, -0.2) is 19.9 Å². The molecule has 0 aliphatic carbocycles. The molecule has 1 aliphatic rings. The van der Waals surface area contributed by atoms with Crippen molar-refractivity contribution in [2.24, 2.45) is 5.10 Å². The van der Waals surface area contributed by atoms with Gasteiger partial charge in [0.1, 0.15) is 11.8 Å². The largest absolute Gasteiger partial charge is 0.493 e. The third kappa shape index (κ3) is 2.22. The lowest BCUT2D eigenvalue weighted by atomic mass is 10.0. The molecule has 0 radical (unpaired) electrons. The number of hydrogen-bond acceptors (Lipinski definition) is 5. The maximum absolute atomic E-state index is 5.40. The topological polar surface area (TPSA) is 56.0 Å². The minimum absolute atomic E-state index is 0.0908. The molecule has 1 aromatic heterocycles. The van der Waals surface area contributed by atoms with Gasteiger partial charge in [-0.3, -0.25) is 5.43 Å². The second kappa shape index (κ2) is 5.28. The van der Waals surface area contributed by atoms with Crippen LogP contribution in [-0.2, 0) is 0 Å². The summed E-state index contributed by atoms with van der Waals surface area (Å²) in [6, 6.07) is 9.72. The Kier molecular flexibility index (Phi) is 3.33. The maximum Gasteiger partial charge on any atom is 0.161 e. The Morgan fingerprint density at radius 3 is 2.75 bits per heavy atom. The molecular formula is C15H16N2O3. The van der Waals surface area contributed by atoms with Crippen LogP contribution in [0.2, 0.25) is 0 Å². The highest BCUT2D eigenvalue weighted by molar-refractivity contribution is 6.02. The van der Waals surface area contributed by atoms with Gasteiger partial charge in [-0.05, 0) is 30.3 Å². The third-order valence-corrected chi connectivity index (χ3v) is 3.36. The van der Waals surface area contributed by atoms with E-state index in [4.69, 9.17) is 13.9 Å². The molecule has 20 heavy (non-hydrogen) atoms. The van der Waals surface area contributed by atoms with Crippen molar-refractivity contribution in [3.63, 3.8) is 0 Å². The van der Waals surface area contributed by atoms with Crippen LogP contribution >= 0.6 is 0 Å². The zero-order valence-corrected chi connectivity index (χ0v) is 11.4. The van der Waals surface area contributed by atoms with E-state index < -0.39 is 0 Å². The molecule has 0 saturated carbocycles. The summed E-state index contributed by atoms with van der Waals surface area (Å²) in [4.78, 5) is 0. The van der Waals surface area contributed by atoms with Crippen LogP contribution in [0.3, 0.4) is 0 Å². The van der Waals surface area contributed by atoms with E-state index >= 15 is 0 Å². The molecule has 1 N–H and O–H groups in total. The molecular weight excluding hydrogens is 256 g/mol. The fourth-order valence-corrected chi connectivity index (χ4v) is 2.29. The summed E-state index contributed by atoms with van der Waals surface area (Å²) in [6.07, 6.45) is 2.45. The van der Waals surface area contributed by atoms with Crippen molar-refractivity contribution >= 4 is 5.71 Å². The van der Waals surface area contributed by atoms with Gasteiger partial charge in [0.15, 0.2) is 11.5 Å². The van der Waals surface area contributed by atoms with Crippen molar-refractivity contribution in [3.8, 4) is 11.5 Å². The first-order chi connectivity index (χ1) is 9.81. The van der Waals surface area contributed by atoms with Crippen LogP contribution in [0, 0.1) is 0 Å². The minimum atomic E-state index is 0.0908. The molecule has 1 atom stereocenters. The molecule has 3 rings (SSSR count).